The Kier molecular flexibility index (Phi) is 5.36. The van der Waals surface area contributed by atoms with Gasteiger partial charge in [0.1, 0.15) is 11.4 Å². The van der Waals surface area contributed by atoms with Crippen LogP contribution in [0.3, 0.4) is 0 Å². The second kappa shape index (κ2) is 7.92. The third-order valence-corrected chi connectivity index (χ3v) is 5.79. The van der Waals surface area contributed by atoms with Crippen molar-refractivity contribution >= 4 is 6.02 Å². The van der Waals surface area contributed by atoms with Crippen LogP contribution in [0.4, 0.5) is 4.39 Å². The average molecular weight is 381 g/mol. The van der Waals surface area contributed by atoms with E-state index in [2.05, 4.69) is 34.5 Å². The number of hydrogen-bond donors (Lipinski definition) is 1. The van der Waals surface area contributed by atoms with Gasteiger partial charge in [0.15, 0.2) is 0 Å². The Labute approximate surface area is 166 Å². The molecule has 2 aromatic rings. The monoisotopic (exact) mass is 381 g/mol. The maximum Gasteiger partial charge on any atom is 0.288 e. The van der Waals surface area contributed by atoms with E-state index in [0.717, 1.165) is 43.9 Å². The highest BCUT2D eigenvalue weighted by Crippen LogP contribution is 2.42. The van der Waals surface area contributed by atoms with Crippen molar-refractivity contribution < 1.29 is 9.13 Å². The molecule has 28 heavy (non-hydrogen) atoms. The molecule has 0 saturated heterocycles. The molecule has 0 bridgehead atoms. The Balaban J connectivity index is 0.000000604. The minimum absolute atomic E-state index is 0.0273. The van der Waals surface area contributed by atoms with Crippen molar-refractivity contribution in [3.8, 4) is 0 Å². The number of halogens is 1. The highest BCUT2D eigenvalue weighted by atomic mass is 19.1. The lowest BCUT2D eigenvalue weighted by Gasteiger charge is -2.41. The minimum atomic E-state index is -0.206. The van der Waals surface area contributed by atoms with Gasteiger partial charge in [0.2, 0.25) is 0 Å². The van der Waals surface area contributed by atoms with Crippen molar-refractivity contribution in [1.82, 2.24) is 10.2 Å². The zero-order chi connectivity index (χ0) is 19.6. The van der Waals surface area contributed by atoms with Crippen molar-refractivity contribution in [1.29, 1.82) is 0 Å². The van der Waals surface area contributed by atoms with Gasteiger partial charge in [0.25, 0.3) is 6.02 Å². The molecule has 3 aliphatic rings. The molecule has 4 nitrogen and oxygen atoms in total. The number of fused-ring (bicyclic) bond motifs is 1. The third-order valence-electron chi connectivity index (χ3n) is 5.79. The summed E-state index contributed by atoms with van der Waals surface area (Å²) in [5, 5.41) is 2.75. The summed E-state index contributed by atoms with van der Waals surface area (Å²) in [7, 11) is 3.75. The summed E-state index contributed by atoms with van der Waals surface area (Å²) in [5.74, 6) is -0.206. The van der Waals surface area contributed by atoms with Crippen LogP contribution in [0, 0.1) is 5.82 Å². The SMILES string of the molecule is CNC.Fc1ccc([C@H]2c3ccccc3CCN2C2=NCC3(CCC3)O2)cc1. The Hall–Kier alpha value is -2.40. The Morgan fingerprint density at radius 1 is 1.11 bits per heavy atom. The number of rotatable bonds is 1. The van der Waals surface area contributed by atoms with E-state index in [1.165, 1.54) is 29.7 Å². The van der Waals surface area contributed by atoms with E-state index in [-0.39, 0.29) is 17.5 Å². The predicted octanol–water partition coefficient (Wildman–Crippen LogP) is 3.92. The molecule has 2 heterocycles. The van der Waals surface area contributed by atoms with Gasteiger partial charge in [-0.2, -0.15) is 0 Å². The maximum absolute atomic E-state index is 13.4. The molecule has 1 saturated carbocycles. The van der Waals surface area contributed by atoms with E-state index in [9.17, 15) is 4.39 Å². The molecule has 0 aromatic heterocycles. The van der Waals surface area contributed by atoms with Gasteiger partial charge < -0.3 is 15.0 Å². The fourth-order valence-electron chi connectivity index (χ4n) is 4.23. The maximum atomic E-state index is 13.4. The van der Waals surface area contributed by atoms with Crippen LogP contribution in [0.5, 0.6) is 0 Å². The van der Waals surface area contributed by atoms with Crippen molar-refractivity contribution in [2.45, 2.75) is 37.3 Å². The Morgan fingerprint density at radius 3 is 2.46 bits per heavy atom. The number of aliphatic imine (C=N–C) groups is 1. The fraction of sp³-hybridized carbons (Fsp3) is 0.435. The first-order valence-corrected chi connectivity index (χ1v) is 10.1. The van der Waals surface area contributed by atoms with Crippen LogP contribution >= 0.6 is 0 Å². The molecule has 5 heteroatoms. The summed E-state index contributed by atoms with van der Waals surface area (Å²) in [5.41, 5.74) is 3.65. The standard InChI is InChI=1S/C21H21FN2O.C2H7N/c22-17-8-6-16(7-9-17)19-18-5-2-1-4-15(18)10-13-24(19)20-23-14-21(25-20)11-3-12-21;1-3-2/h1-2,4-9,19H,3,10-14H2;3H,1-2H3/t19-;/m0./s1. The topological polar surface area (TPSA) is 36.9 Å². The molecular weight excluding hydrogens is 353 g/mol. The first-order chi connectivity index (χ1) is 13.7. The van der Waals surface area contributed by atoms with Crippen molar-refractivity contribution in [2.24, 2.45) is 4.99 Å². The molecule has 0 amide bonds. The first-order valence-electron chi connectivity index (χ1n) is 10.1. The molecule has 0 unspecified atom stereocenters. The van der Waals surface area contributed by atoms with Gasteiger partial charge >= 0.3 is 0 Å². The van der Waals surface area contributed by atoms with Crippen molar-refractivity contribution in [2.75, 3.05) is 27.2 Å². The van der Waals surface area contributed by atoms with Crippen LogP contribution in [0.1, 0.15) is 42.0 Å². The lowest BCUT2D eigenvalue weighted by atomic mass is 9.80. The number of nitrogens with zero attached hydrogens (tertiary/aromatic N) is 2. The van der Waals surface area contributed by atoms with E-state index in [1.807, 2.05) is 26.2 Å². The summed E-state index contributed by atoms with van der Waals surface area (Å²) in [6.45, 7) is 1.64. The van der Waals surface area contributed by atoms with Crippen LogP contribution in [0.15, 0.2) is 53.5 Å². The molecule has 148 valence electrons. The number of hydrogen-bond acceptors (Lipinski definition) is 4. The van der Waals surface area contributed by atoms with Crippen LogP contribution in [-0.4, -0.2) is 43.7 Å². The lowest BCUT2D eigenvalue weighted by Crippen LogP contribution is -2.46. The van der Waals surface area contributed by atoms with Gasteiger partial charge in [-0.25, -0.2) is 9.38 Å². The largest absolute Gasteiger partial charge is 0.457 e. The number of benzene rings is 2. The van der Waals surface area contributed by atoms with Crippen LogP contribution in [0.2, 0.25) is 0 Å². The minimum Gasteiger partial charge on any atom is -0.457 e. The molecule has 1 aliphatic carbocycles. The first kappa shape index (κ1) is 18.9. The predicted molar refractivity (Wildman–Crippen MR) is 110 cm³/mol. The summed E-state index contributed by atoms with van der Waals surface area (Å²) in [6, 6.07) is 16.1. The normalized spacial score (nSPS) is 21.8. The summed E-state index contributed by atoms with van der Waals surface area (Å²) in [6.07, 6.45) is 4.41. The lowest BCUT2D eigenvalue weighted by molar-refractivity contribution is -0.00605. The highest BCUT2D eigenvalue weighted by molar-refractivity contribution is 5.78. The smallest absolute Gasteiger partial charge is 0.288 e. The van der Waals surface area contributed by atoms with Gasteiger partial charge in [0, 0.05) is 6.54 Å². The van der Waals surface area contributed by atoms with Gasteiger partial charge in [0.05, 0.1) is 12.6 Å². The van der Waals surface area contributed by atoms with Gasteiger partial charge in [-0.3, -0.25) is 0 Å². The molecule has 1 atom stereocenters. The summed E-state index contributed by atoms with van der Waals surface area (Å²) < 4.78 is 19.8. The van der Waals surface area contributed by atoms with E-state index in [1.54, 1.807) is 0 Å². The van der Waals surface area contributed by atoms with E-state index in [4.69, 9.17) is 9.73 Å². The Morgan fingerprint density at radius 2 is 1.82 bits per heavy atom. The van der Waals surface area contributed by atoms with Gasteiger partial charge in [-0.05, 0) is 68.6 Å². The van der Waals surface area contributed by atoms with E-state index in [0.29, 0.717) is 0 Å². The molecule has 2 aliphatic heterocycles. The van der Waals surface area contributed by atoms with Crippen LogP contribution in [0.25, 0.3) is 0 Å². The van der Waals surface area contributed by atoms with Gasteiger partial charge in [-0.15, -0.1) is 0 Å². The average Bonchev–Trinajstić information content (AvgIpc) is 3.15. The number of nitrogens with one attached hydrogen (secondary N) is 1. The zero-order valence-electron chi connectivity index (χ0n) is 16.6. The fourth-order valence-corrected chi connectivity index (χ4v) is 4.23. The van der Waals surface area contributed by atoms with Crippen LogP contribution in [-0.2, 0) is 11.2 Å². The zero-order valence-corrected chi connectivity index (χ0v) is 16.6. The number of amidine groups is 1. The molecule has 1 N–H and O–H groups in total. The second-order valence-corrected chi connectivity index (χ2v) is 7.83. The molecular formula is C23H28FN3O. The summed E-state index contributed by atoms with van der Waals surface area (Å²) in [4.78, 5) is 7.01. The highest BCUT2D eigenvalue weighted by Gasteiger charge is 2.46. The van der Waals surface area contributed by atoms with Crippen LogP contribution < -0.4 is 5.32 Å². The molecule has 0 radical (unpaired) electrons. The summed E-state index contributed by atoms with van der Waals surface area (Å²) >= 11 is 0. The quantitative estimate of drug-likeness (QED) is 0.814. The Bertz CT molecular complexity index is 845. The number of ether oxygens (including phenoxy) is 1. The van der Waals surface area contributed by atoms with Crippen molar-refractivity contribution in [3.05, 3.63) is 71.0 Å². The molecule has 2 aromatic carbocycles. The van der Waals surface area contributed by atoms with Crippen molar-refractivity contribution in [3.63, 3.8) is 0 Å². The molecule has 1 fully saturated rings. The van der Waals surface area contributed by atoms with Gasteiger partial charge in [-0.1, -0.05) is 36.4 Å². The molecule has 1 spiro atoms. The second-order valence-electron chi connectivity index (χ2n) is 7.83. The third kappa shape index (κ3) is 3.51. The molecule has 5 rings (SSSR count). The van der Waals surface area contributed by atoms with E-state index < -0.39 is 0 Å². The van der Waals surface area contributed by atoms with E-state index >= 15 is 0 Å².